The van der Waals surface area contributed by atoms with Crippen molar-refractivity contribution in [3.63, 3.8) is 0 Å². The highest BCUT2D eigenvalue weighted by Gasteiger charge is 2.51. The van der Waals surface area contributed by atoms with Gasteiger partial charge in [-0.2, -0.15) is 8.78 Å². The average molecular weight is 411 g/mol. The highest BCUT2D eigenvalue weighted by atomic mass is 19.3. The van der Waals surface area contributed by atoms with Gasteiger partial charge in [-0.1, -0.05) is 0 Å². The van der Waals surface area contributed by atoms with Crippen molar-refractivity contribution in [1.29, 1.82) is 0 Å². The minimum Gasteiger partial charge on any atom is -0.493 e. The van der Waals surface area contributed by atoms with E-state index in [2.05, 4.69) is 4.74 Å². The summed E-state index contributed by atoms with van der Waals surface area (Å²) >= 11 is 0. The van der Waals surface area contributed by atoms with Crippen LogP contribution in [0.3, 0.4) is 0 Å². The summed E-state index contributed by atoms with van der Waals surface area (Å²) in [5, 5.41) is 11.4. The smallest absolute Gasteiger partial charge is 0.387 e. The van der Waals surface area contributed by atoms with Crippen molar-refractivity contribution in [1.82, 2.24) is 0 Å². The van der Waals surface area contributed by atoms with Gasteiger partial charge < -0.3 is 14.2 Å². The number of carbonyl (C=O) groups is 1. The van der Waals surface area contributed by atoms with E-state index < -0.39 is 23.0 Å². The Kier molecular flexibility index (Phi) is 5.31. The van der Waals surface area contributed by atoms with E-state index in [9.17, 15) is 23.7 Å². The predicted molar refractivity (Wildman–Crippen MR) is 96.6 cm³/mol. The van der Waals surface area contributed by atoms with E-state index in [0.717, 1.165) is 31.7 Å². The van der Waals surface area contributed by atoms with Crippen LogP contribution in [0, 0.1) is 39.7 Å². The largest absolute Gasteiger partial charge is 0.493 e. The zero-order valence-corrected chi connectivity index (χ0v) is 16.0. The molecule has 158 valence electrons. The molecule has 1 aromatic rings. The number of nitro groups is 1. The van der Waals surface area contributed by atoms with Gasteiger partial charge >= 0.3 is 12.6 Å². The Balaban J connectivity index is 1.50. The van der Waals surface area contributed by atoms with Gasteiger partial charge in [-0.3, -0.25) is 14.9 Å². The normalized spacial score (nSPS) is 29.7. The van der Waals surface area contributed by atoms with E-state index in [-0.39, 0.29) is 29.8 Å². The Morgan fingerprint density at radius 1 is 1.14 bits per heavy atom. The molecule has 0 saturated heterocycles. The van der Waals surface area contributed by atoms with Crippen molar-refractivity contribution < 1.29 is 32.7 Å². The molecule has 5 rings (SSSR count). The van der Waals surface area contributed by atoms with Crippen LogP contribution in [-0.2, 0) is 16.1 Å². The van der Waals surface area contributed by atoms with Crippen molar-refractivity contribution in [2.24, 2.45) is 29.6 Å². The van der Waals surface area contributed by atoms with Gasteiger partial charge in [0.25, 0.3) is 5.69 Å². The van der Waals surface area contributed by atoms with Crippen LogP contribution >= 0.6 is 0 Å². The van der Waals surface area contributed by atoms with Gasteiger partial charge in [0.2, 0.25) is 0 Å². The molecule has 0 atom stereocenters. The second-order valence-corrected chi connectivity index (χ2v) is 8.33. The molecule has 0 heterocycles. The van der Waals surface area contributed by atoms with E-state index in [4.69, 9.17) is 9.47 Å². The van der Waals surface area contributed by atoms with Gasteiger partial charge in [-0.15, -0.1) is 0 Å². The molecule has 0 aliphatic heterocycles. The third-order valence-corrected chi connectivity index (χ3v) is 6.65. The summed E-state index contributed by atoms with van der Waals surface area (Å²) < 4.78 is 39.9. The van der Waals surface area contributed by atoms with Gasteiger partial charge in [-0.05, 0) is 61.8 Å². The van der Waals surface area contributed by atoms with Gasteiger partial charge in [0.1, 0.15) is 6.61 Å². The Hall–Kier alpha value is -2.45. The molecule has 4 aliphatic carbocycles. The Morgan fingerprint density at radius 3 is 2.28 bits per heavy atom. The number of alkyl halides is 2. The van der Waals surface area contributed by atoms with Crippen LogP contribution in [0.25, 0.3) is 0 Å². The molecule has 1 aromatic carbocycles. The number of benzene rings is 1. The Bertz CT molecular complexity index is 786. The maximum atomic E-state index is 12.8. The topological polar surface area (TPSA) is 87.9 Å². The molecule has 0 N–H and O–H groups in total. The Morgan fingerprint density at radius 2 is 1.76 bits per heavy atom. The molecule has 0 unspecified atom stereocenters. The fourth-order valence-corrected chi connectivity index (χ4v) is 5.78. The first-order valence-electron chi connectivity index (χ1n) is 9.82. The highest BCUT2D eigenvalue weighted by molar-refractivity contribution is 5.74. The van der Waals surface area contributed by atoms with E-state index >= 15 is 0 Å². The summed E-state index contributed by atoms with van der Waals surface area (Å²) in [6.45, 7) is -3.47. The maximum Gasteiger partial charge on any atom is 0.387 e. The molecule has 4 bridgehead atoms. The molecule has 4 saturated carbocycles. The number of hydrogen-bond acceptors (Lipinski definition) is 6. The number of halogens is 2. The summed E-state index contributed by atoms with van der Waals surface area (Å²) in [5.74, 6) is 1.12. The summed E-state index contributed by atoms with van der Waals surface area (Å²) in [5.41, 5.74) is -0.384. The van der Waals surface area contributed by atoms with Crippen LogP contribution in [0.15, 0.2) is 12.1 Å². The van der Waals surface area contributed by atoms with E-state index in [1.807, 2.05) is 0 Å². The first-order chi connectivity index (χ1) is 13.9. The lowest BCUT2D eigenvalue weighted by Crippen LogP contribution is -2.48. The van der Waals surface area contributed by atoms with Gasteiger partial charge in [0.15, 0.2) is 11.5 Å². The lowest BCUT2D eigenvalue weighted by molar-refractivity contribution is -0.386. The zero-order valence-electron chi connectivity index (χ0n) is 16.0. The average Bonchev–Trinajstić information content (AvgIpc) is 2.65. The number of hydrogen-bond donors (Lipinski definition) is 0. The highest BCUT2D eigenvalue weighted by Crippen LogP contribution is 2.56. The minimum absolute atomic E-state index is 0.0747. The monoisotopic (exact) mass is 411 g/mol. The van der Waals surface area contributed by atoms with Crippen LogP contribution in [0.2, 0.25) is 0 Å². The molecule has 0 radical (unpaired) electrons. The summed E-state index contributed by atoms with van der Waals surface area (Å²) in [7, 11) is 1.24. The molecule has 7 nitrogen and oxygen atoms in total. The summed E-state index contributed by atoms with van der Waals surface area (Å²) in [4.78, 5) is 23.5. The molecule has 0 amide bonds. The van der Waals surface area contributed by atoms with Gasteiger partial charge in [0.05, 0.1) is 29.6 Å². The number of ether oxygens (including phenoxy) is 3. The predicted octanol–water partition coefficient (Wildman–Crippen LogP) is 4.32. The van der Waals surface area contributed by atoms with Crippen molar-refractivity contribution in [2.75, 3.05) is 7.11 Å². The van der Waals surface area contributed by atoms with E-state index in [0.29, 0.717) is 23.7 Å². The lowest BCUT2D eigenvalue weighted by Gasteiger charge is -2.53. The SMILES string of the molecule is COc1cc(COC(=O)C2C3CC4CC(C3)CC2C4)c([N+](=O)[O-])cc1OC(F)F. The number of rotatable bonds is 7. The van der Waals surface area contributed by atoms with Crippen LogP contribution < -0.4 is 9.47 Å². The molecular formula is C20H23F2NO6. The summed E-state index contributed by atoms with van der Waals surface area (Å²) in [6, 6.07) is 2.08. The van der Waals surface area contributed by atoms with E-state index in [1.54, 1.807) is 0 Å². The van der Waals surface area contributed by atoms with Crippen LogP contribution in [-0.4, -0.2) is 24.6 Å². The number of esters is 1. The quantitative estimate of drug-likeness (QED) is 0.377. The van der Waals surface area contributed by atoms with Crippen LogP contribution in [0.5, 0.6) is 11.5 Å². The van der Waals surface area contributed by atoms with Gasteiger partial charge in [-0.25, -0.2) is 0 Å². The number of carbonyl (C=O) groups excluding carboxylic acids is 1. The van der Waals surface area contributed by atoms with Gasteiger partial charge in [0, 0.05) is 0 Å². The second-order valence-electron chi connectivity index (χ2n) is 8.33. The first kappa shape index (κ1) is 19.8. The fourth-order valence-electron chi connectivity index (χ4n) is 5.78. The standard InChI is InChI=1S/C20H23F2NO6/c1-27-16-7-14(15(23(25)26)8-17(16)29-20(21)22)9-28-19(24)18-12-3-10-2-11(5-12)6-13(18)4-10/h7-8,10-13,18,20H,2-6,9H2,1H3. The number of nitro benzene ring substituents is 1. The zero-order chi connectivity index (χ0) is 20.7. The fraction of sp³-hybridized carbons (Fsp3) is 0.650. The molecule has 29 heavy (non-hydrogen) atoms. The summed E-state index contributed by atoms with van der Waals surface area (Å²) in [6.07, 6.45) is 5.50. The molecule has 0 aromatic heterocycles. The lowest BCUT2D eigenvalue weighted by atomic mass is 9.52. The third kappa shape index (κ3) is 3.86. The molecule has 4 fully saturated rings. The van der Waals surface area contributed by atoms with Crippen LogP contribution in [0.4, 0.5) is 14.5 Å². The maximum absolute atomic E-state index is 12.8. The van der Waals surface area contributed by atoms with Crippen molar-refractivity contribution in [3.05, 3.63) is 27.8 Å². The van der Waals surface area contributed by atoms with E-state index in [1.165, 1.54) is 19.6 Å². The first-order valence-corrected chi connectivity index (χ1v) is 9.82. The van der Waals surface area contributed by atoms with Crippen molar-refractivity contribution >= 4 is 11.7 Å². The molecule has 4 aliphatic rings. The number of methoxy groups -OCH3 is 1. The van der Waals surface area contributed by atoms with Crippen molar-refractivity contribution in [2.45, 2.75) is 45.3 Å². The molecular weight excluding hydrogens is 388 g/mol. The minimum atomic E-state index is -3.15. The van der Waals surface area contributed by atoms with Crippen molar-refractivity contribution in [3.8, 4) is 11.5 Å². The molecule has 9 heteroatoms. The molecule has 0 spiro atoms. The third-order valence-electron chi connectivity index (χ3n) is 6.65. The Labute approximate surface area is 166 Å². The van der Waals surface area contributed by atoms with Crippen LogP contribution in [0.1, 0.15) is 37.7 Å². The number of nitrogens with zero attached hydrogens (tertiary/aromatic N) is 1. The second kappa shape index (κ2) is 7.76.